The van der Waals surface area contributed by atoms with Gasteiger partial charge in [0.1, 0.15) is 0 Å². The number of benzene rings is 1. The molecule has 1 aromatic rings. The third kappa shape index (κ3) is 5.20. The highest BCUT2D eigenvalue weighted by Gasteiger charge is 2.37. The molecule has 24 heavy (non-hydrogen) atoms. The number of nitrogens with one attached hydrogen (secondary N) is 1. The summed E-state index contributed by atoms with van der Waals surface area (Å²) < 4.78 is 69.2. The number of rotatable bonds is 7. The predicted octanol–water partition coefficient (Wildman–Crippen LogP) is 1.64. The van der Waals surface area contributed by atoms with Gasteiger partial charge < -0.3 is 9.84 Å². The Bertz CT molecular complexity index is 730. The van der Waals surface area contributed by atoms with Gasteiger partial charge in [-0.15, -0.1) is 0 Å². The van der Waals surface area contributed by atoms with Crippen LogP contribution in [0, 0.1) is 0 Å². The van der Waals surface area contributed by atoms with Crippen LogP contribution in [0.2, 0.25) is 0 Å². The normalized spacial score (nSPS) is 12.0. The number of carbonyl (C=O) groups excluding carboxylic acids is 1. The lowest BCUT2D eigenvalue weighted by molar-refractivity contribution is -0.138. The number of esters is 1. The van der Waals surface area contributed by atoms with Crippen molar-refractivity contribution in [3.05, 3.63) is 29.3 Å². The zero-order valence-corrected chi connectivity index (χ0v) is 13.2. The number of carboxylic acids is 1. The maximum absolute atomic E-state index is 13.0. The van der Waals surface area contributed by atoms with Gasteiger partial charge in [0.2, 0.25) is 10.0 Å². The summed E-state index contributed by atoms with van der Waals surface area (Å²) in [7, 11) is -3.39. The van der Waals surface area contributed by atoms with Crippen molar-refractivity contribution in [1.29, 1.82) is 0 Å². The van der Waals surface area contributed by atoms with E-state index in [-0.39, 0.29) is 19.4 Å². The summed E-state index contributed by atoms with van der Waals surface area (Å²) in [6, 6.07) is 1.87. The first-order valence-corrected chi connectivity index (χ1v) is 7.98. The molecule has 0 atom stereocenters. The van der Waals surface area contributed by atoms with Crippen molar-refractivity contribution in [1.82, 2.24) is 4.72 Å². The topological polar surface area (TPSA) is 110 Å². The molecular weight excluding hydrogens is 355 g/mol. The van der Waals surface area contributed by atoms with Crippen molar-refractivity contribution < 1.29 is 41.0 Å². The van der Waals surface area contributed by atoms with Crippen molar-refractivity contribution in [2.45, 2.75) is 23.9 Å². The first-order chi connectivity index (χ1) is 11.0. The summed E-state index contributed by atoms with van der Waals surface area (Å²) in [5, 5.41) is 8.45. The monoisotopic (exact) mass is 369 g/mol. The molecule has 1 rings (SSSR count). The molecule has 0 amide bonds. The van der Waals surface area contributed by atoms with Gasteiger partial charge in [-0.3, -0.25) is 4.79 Å². The SMILES string of the molecule is COC(=O)c1ccc(S(=O)(=O)NCCCC(=O)O)cc1C(F)(F)F. The van der Waals surface area contributed by atoms with E-state index in [1.54, 1.807) is 0 Å². The Kier molecular flexibility index (Phi) is 6.32. The molecule has 0 aliphatic rings. The van der Waals surface area contributed by atoms with Crippen LogP contribution in [0.3, 0.4) is 0 Å². The van der Waals surface area contributed by atoms with Crippen LogP contribution in [0.15, 0.2) is 23.1 Å². The zero-order chi connectivity index (χ0) is 18.5. The first-order valence-electron chi connectivity index (χ1n) is 6.50. The average molecular weight is 369 g/mol. The van der Waals surface area contributed by atoms with Crippen molar-refractivity contribution in [2.24, 2.45) is 0 Å². The summed E-state index contributed by atoms with van der Waals surface area (Å²) in [4.78, 5) is 21.0. The van der Waals surface area contributed by atoms with Gasteiger partial charge in [0, 0.05) is 13.0 Å². The second-order valence-corrected chi connectivity index (χ2v) is 6.36. The molecule has 0 saturated heterocycles. The highest BCUT2D eigenvalue weighted by molar-refractivity contribution is 7.89. The quantitative estimate of drug-likeness (QED) is 0.558. The number of sulfonamides is 1. The maximum Gasteiger partial charge on any atom is 0.417 e. The minimum Gasteiger partial charge on any atom is -0.481 e. The van der Waals surface area contributed by atoms with E-state index in [9.17, 15) is 31.2 Å². The summed E-state index contributed by atoms with van der Waals surface area (Å²) in [5.74, 6) is -2.38. The highest BCUT2D eigenvalue weighted by atomic mass is 32.2. The summed E-state index contributed by atoms with van der Waals surface area (Å²) >= 11 is 0. The summed E-state index contributed by atoms with van der Waals surface area (Å²) in [6.07, 6.45) is -5.28. The molecule has 134 valence electrons. The molecule has 0 unspecified atom stereocenters. The van der Waals surface area contributed by atoms with Crippen molar-refractivity contribution in [3.63, 3.8) is 0 Å². The number of alkyl halides is 3. The molecular formula is C13H14F3NO6S. The van der Waals surface area contributed by atoms with Gasteiger partial charge in [0.15, 0.2) is 0 Å². The fourth-order valence-corrected chi connectivity index (χ4v) is 2.84. The first kappa shape index (κ1) is 19.9. The largest absolute Gasteiger partial charge is 0.481 e. The Labute approximate surface area is 135 Å². The number of methoxy groups -OCH3 is 1. The minimum atomic E-state index is -4.96. The summed E-state index contributed by atoms with van der Waals surface area (Å²) in [6.45, 7) is -0.255. The summed E-state index contributed by atoms with van der Waals surface area (Å²) in [5.41, 5.74) is -2.25. The van der Waals surface area contributed by atoms with Crippen LogP contribution in [0.4, 0.5) is 13.2 Å². The van der Waals surface area contributed by atoms with E-state index in [0.29, 0.717) is 12.1 Å². The van der Waals surface area contributed by atoms with E-state index < -0.39 is 44.2 Å². The Balaban J connectivity index is 3.12. The third-order valence-corrected chi connectivity index (χ3v) is 4.33. The number of carboxylic acid groups (broad SMARTS) is 1. The van der Waals surface area contributed by atoms with Crippen LogP contribution in [-0.2, 0) is 25.7 Å². The number of aliphatic carboxylic acids is 1. The molecule has 0 aromatic heterocycles. The lowest BCUT2D eigenvalue weighted by atomic mass is 10.1. The molecule has 1 aromatic carbocycles. The Morgan fingerprint density at radius 3 is 2.42 bits per heavy atom. The van der Waals surface area contributed by atoms with E-state index in [1.165, 1.54) is 0 Å². The van der Waals surface area contributed by atoms with Gasteiger partial charge in [0.25, 0.3) is 0 Å². The number of halogens is 3. The molecule has 0 saturated carbocycles. The highest BCUT2D eigenvalue weighted by Crippen LogP contribution is 2.33. The second kappa shape index (κ2) is 7.62. The van der Waals surface area contributed by atoms with Crippen molar-refractivity contribution in [2.75, 3.05) is 13.7 Å². The molecule has 0 radical (unpaired) electrons. The van der Waals surface area contributed by atoms with Gasteiger partial charge in [-0.05, 0) is 24.6 Å². The lowest BCUT2D eigenvalue weighted by Gasteiger charge is -2.13. The van der Waals surface area contributed by atoms with Crippen molar-refractivity contribution >= 4 is 22.0 Å². The Hall–Kier alpha value is -2.14. The van der Waals surface area contributed by atoms with Gasteiger partial charge in [0.05, 0.1) is 23.1 Å². The third-order valence-electron chi connectivity index (χ3n) is 2.87. The lowest BCUT2D eigenvalue weighted by Crippen LogP contribution is -2.26. The minimum absolute atomic E-state index is 0.0268. The maximum atomic E-state index is 13.0. The molecule has 0 aliphatic carbocycles. The average Bonchev–Trinajstić information content (AvgIpc) is 2.49. The van der Waals surface area contributed by atoms with Crippen LogP contribution < -0.4 is 4.72 Å². The fourth-order valence-electron chi connectivity index (χ4n) is 1.74. The standard InChI is InChI=1S/C13H14F3NO6S/c1-23-12(20)9-5-4-8(7-10(9)13(14,15)16)24(21,22)17-6-2-3-11(18)19/h4-5,7,17H,2-3,6H2,1H3,(H,18,19). The van der Waals surface area contributed by atoms with Crippen LogP contribution >= 0.6 is 0 Å². The molecule has 7 nitrogen and oxygen atoms in total. The van der Waals surface area contributed by atoms with E-state index in [1.807, 2.05) is 4.72 Å². The number of hydrogen-bond donors (Lipinski definition) is 2. The van der Waals surface area contributed by atoms with Gasteiger partial charge in [-0.1, -0.05) is 0 Å². The van der Waals surface area contributed by atoms with Gasteiger partial charge in [-0.25, -0.2) is 17.9 Å². The molecule has 0 fully saturated rings. The van der Waals surface area contributed by atoms with Crippen molar-refractivity contribution in [3.8, 4) is 0 Å². The molecule has 0 heterocycles. The molecule has 0 aliphatic heterocycles. The fraction of sp³-hybridized carbons (Fsp3) is 0.385. The van der Waals surface area contributed by atoms with Gasteiger partial charge in [-0.2, -0.15) is 13.2 Å². The van der Waals surface area contributed by atoms with E-state index in [2.05, 4.69) is 4.74 Å². The van der Waals surface area contributed by atoms with E-state index in [4.69, 9.17) is 5.11 Å². The molecule has 0 spiro atoms. The van der Waals surface area contributed by atoms with E-state index in [0.717, 1.165) is 13.2 Å². The van der Waals surface area contributed by atoms with Crippen LogP contribution in [0.5, 0.6) is 0 Å². The molecule has 11 heteroatoms. The molecule has 0 bridgehead atoms. The Morgan fingerprint density at radius 2 is 1.92 bits per heavy atom. The number of carbonyl (C=O) groups is 2. The van der Waals surface area contributed by atoms with E-state index >= 15 is 0 Å². The second-order valence-electron chi connectivity index (χ2n) is 4.59. The number of ether oxygens (including phenoxy) is 1. The van der Waals surface area contributed by atoms with Crippen LogP contribution in [-0.4, -0.2) is 39.1 Å². The molecule has 2 N–H and O–H groups in total. The van der Waals surface area contributed by atoms with Crippen LogP contribution in [0.1, 0.15) is 28.8 Å². The van der Waals surface area contributed by atoms with Gasteiger partial charge >= 0.3 is 18.1 Å². The predicted molar refractivity (Wildman–Crippen MR) is 74.8 cm³/mol. The zero-order valence-electron chi connectivity index (χ0n) is 12.4. The van der Waals surface area contributed by atoms with Crippen LogP contribution in [0.25, 0.3) is 0 Å². The number of hydrogen-bond acceptors (Lipinski definition) is 5. The Morgan fingerprint density at radius 1 is 1.29 bits per heavy atom. The smallest absolute Gasteiger partial charge is 0.417 e.